The second-order valence-corrected chi connectivity index (χ2v) is 12.7. The molecule has 10 heteroatoms. The smallest absolute Gasteiger partial charge is 0.268 e. The molecule has 1 atom stereocenters. The van der Waals surface area contributed by atoms with Gasteiger partial charge in [0.2, 0.25) is 0 Å². The lowest BCUT2D eigenvalue weighted by atomic mass is 9.97. The van der Waals surface area contributed by atoms with Crippen LogP contribution in [0.25, 0.3) is 5.82 Å². The lowest BCUT2D eigenvalue weighted by Gasteiger charge is -2.34. The fourth-order valence-corrected chi connectivity index (χ4v) is 5.87. The molecule has 0 radical (unpaired) electrons. The molecule has 1 saturated heterocycles. The first kappa shape index (κ1) is 25.4. The second kappa shape index (κ2) is 9.25. The monoisotopic (exact) mass is 523 g/mol. The van der Waals surface area contributed by atoms with Gasteiger partial charge in [0, 0.05) is 18.3 Å². The van der Waals surface area contributed by atoms with Gasteiger partial charge in [0.25, 0.3) is 15.9 Å². The molecule has 1 saturated carbocycles. The van der Waals surface area contributed by atoms with Crippen molar-refractivity contribution >= 4 is 21.7 Å². The zero-order chi connectivity index (χ0) is 26.4. The van der Waals surface area contributed by atoms with Crippen molar-refractivity contribution in [3.8, 4) is 5.82 Å². The molecule has 1 aliphatic carbocycles. The Balaban J connectivity index is 1.47. The van der Waals surface area contributed by atoms with Gasteiger partial charge in [0.05, 0.1) is 28.4 Å². The van der Waals surface area contributed by atoms with Crippen molar-refractivity contribution in [1.29, 1.82) is 0 Å². The predicted molar refractivity (Wildman–Crippen MR) is 140 cm³/mol. The molecule has 0 unspecified atom stereocenters. The molecule has 2 aliphatic rings. The summed E-state index contributed by atoms with van der Waals surface area (Å²) in [7, 11) is -4.04. The average molecular weight is 524 g/mol. The predicted octanol–water partition coefficient (Wildman–Crippen LogP) is 4.08. The lowest BCUT2D eigenvalue weighted by Crippen LogP contribution is -2.41. The Morgan fingerprint density at radius 1 is 1.11 bits per heavy atom. The third kappa shape index (κ3) is 5.40. The maximum absolute atomic E-state index is 13.3. The highest BCUT2D eigenvalue weighted by Crippen LogP contribution is 2.39. The molecule has 0 bridgehead atoms. The first-order chi connectivity index (χ1) is 17.5. The van der Waals surface area contributed by atoms with Crippen molar-refractivity contribution < 1.29 is 17.9 Å². The number of sulfonamides is 1. The molecule has 9 nitrogen and oxygen atoms in total. The minimum atomic E-state index is -4.04. The van der Waals surface area contributed by atoms with E-state index in [9.17, 15) is 13.2 Å². The summed E-state index contributed by atoms with van der Waals surface area (Å²) in [6, 6.07) is 13.0. The van der Waals surface area contributed by atoms with Crippen LogP contribution in [0.5, 0.6) is 0 Å². The molecule has 2 aromatic heterocycles. The number of aromatic nitrogens is 3. The van der Waals surface area contributed by atoms with Gasteiger partial charge in [-0.15, -0.1) is 0 Å². The van der Waals surface area contributed by atoms with Crippen LogP contribution < -0.4 is 9.62 Å². The fraction of sp³-hybridized carbons (Fsp3) is 0.444. The summed E-state index contributed by atoms with van der Waals surface area (Å²) in [5, 5.41) is 4.62. The van der Waals surface area contributed by atoms with E-state index < -0.39 is 15.9 Å². The highest BCUT2D eigenvalue weighted by atomic mass is 32.2. The van der Waals surface area contributed by atoms with Crippen LogP contribution in [-0.2, 0) is 21.4 Å². The zero-order valence-electron chi connectivity index (χ0n) is 21.6. The molecule has 1 N–H and O–H groups in total. The molecule has 5 rings (SSSR count). The normalized spacial score (nSPS) is 20.1. The van der Waals surface area contributed by atoms with E-state index in [-0.39, 0.29) is 21.6 Å². The zero-order valence-corrected chi connectivity index (χ0v) is 22.5. The molecule has 3 aromatic rings. The average Bonchev–Trinajstić information content (AvgIpc) is 3.28. The van der Waals surface area contributed by atoms with E-state index in [4.69, 9.17) is 9.72 Å². The van der Waals surface area contributed by atoms with Crippen LogP contribution in [-0.4, -0.2) is 46.8 Å². The molecule has 196 valence electrons. The molecular weight excluding hydrogens is 490 g/mol. The number of hydrogen-bond donors (Lipinski definition) is 1. The van der Waals surface area contributed by atoms with Crippen LogP contribution in [0.3, 0.4) is 0 Å². The fourth-order valence-electron chi connectivity index (χ4n) is 4.88. The first-order valence-electron chi connectivity index (χ1n) is 12.6. The van der Waals surface area contributed by atoms with E-state index in [1.165, 1.54) is 12.1 Å². The minimum absolute atomic E-state index is 0.0240. The Morgan fingerprint density at radius 2 is 1.84 bits per heavy atom. The van der Waals surface area contributed by atoms with Crippen LogP contribution in [0.4, 0.5) is 5.82 Å². The highest BCUT2D eigenvalue weighted by molar-refractivity contribution is 7.90. The van der Waals surface area contributed by atoms with Crippen molar-refractivity contribution in [1.82, 2.24) is 19.5 Å². The summed E-state index contributed by atoms with van der Waals surface area (Å²) in [6.45, 7) is 9.59. The Kier molecular flexibility index (Phi) is 6.35. The van der Waals surface area contributed by atoms with Crippen molar-refractivity contribution in [3.63, 3.8) is 0 Å². The molecule has 3 heterocycles. The maximum atomic E-state index is 13.3. The van der Waals surface area contributed by atoms with Gasteiger partial charge in [0.15, 0.2) is 5.82 Å². The third-order valence-corrected chi connectivity index (χ3v) is 8.46. The van der Waals surface area contributed by atoms with Gasteiger partial charge in [-0.05, 0) is 76.3 Å². The van der Waals surface area contributed by atoms with Crippen LogP contribution in [0.15, 0.2) is 59.6 Å². The van der Waals surface area contributed by atoms with Gasteiger partial charge in [-0.25, -0.2) is 22.8 Å². The van der Waals surface area contributed by atoms with E-state index in [0.29, 0.717) is 30.7 Å². The number of nitrogens with zero attached hydrogens (tertiary/aromatic N) is 4. The van der Waals surface area contributed by atoms with Crippen molar-refractivity contribution in [3.05, 3.63) is 66.0 Å². The van der Waals surface area contributed by atoms with E-state index in [0.717, 1.165) is 25.0 Å². The number of hydrogen-bond acceptors (Lipinski definition) is 7. The molecule has 2 fully saturated rings. The summed E-state index contributed by atoms with van der Waals surface area (Å²) in [5.41, 5.74) is 0.689. The molecule has 1 aliphatic heterocycles. The first-order valence-corrected chi connectivity index (χ1v) is 14.0. The van der Waals surface area contributed by atoms with Crippen LogP contribution in [0.1, 0.15) is 63.0 Å². The number of pyridine rings is 1. The largest absolute Gasteiger partial charge is 0.369 e. The quantitative estimate of drug-likeness (QED) is 0.474. The Labute approximate surface area is 217 Å². The third-order valence-electron chi connectivity index (χ3n) is 7.12. The molecule has 37 heavy (non-hydrogen) atoms. The molecule has 0 spiro atoms. The van der Waals surface area contributed by atoms with Crippen molar-refractivity contribution in [2.24, 2.45) is 5.92 Å². The summed E-state index contributed by atoms with van der Waals surface area (Å²) in [4.78, 5) is 20.3. The van der Waals surface area contributed by atoms with E-state index in [1.807, 2.05) is 12.3 Å². The van der Waals surface area contributed by atoms with Crippen LogP contribution in [0, 0.1) is 5.92 Å². The minimum Gasteiger partial charge on any atom is -0.369 e. The number of anilines is 1. The number of carbonyl (C=O) groups excluding carboxylic acids is 1. The van der Waals surface area contributed by atoms with Gasteiger partial charge in [0.1, 0.15) is 5.82 Å². The number of rotatable bonds is 8. The Morgan fingerprint density at radius 3 is 2.49 bits per heavy atom. The molecule has 1 aromatic carbocycles. The summed E-state index contributed by atoms with van der Waals surface area (Å²) < 4.78 is 35.5. The lowest BCUT2D eigenvalue weighted by molar-refractivity contribution is 0.0314. The second-order valence-electron chi connectivity index (χ2n) is 11.0. The van der Waals surface area contributed by atoms with Gasteiger partial charge in [-0.2, -0.15) is 5.10 Å². The number of ether oxygens (including phenoxy) is 1. The van der Waals surface area contributed by atoms with E-state index >= 15 is 0 Å². The number of amides is 1. The Bertz CT molecular complexity index is 1410. The van der Waals surface area contributed by atoms with Crippen LogP contribution >= 0.6 is 0 Å². The van der Waals surface area contributed by atoms with Crippen molar-refractivity contribution in [2.75, 3.05) is 11.4 Å². The number of nitrogens with one attached hydrogen (secondary N) is 1. The Hall–Kier alpha value is -3.24. The number of benzene rings is 1. The van der Waals surface area contributed by atoms with E-state index in [1.54, 1.807) is 35.0 Å². The standard InChI is InChI=1S/C27H33N5O4S/c1-19-16-26(2,3)31(17-19)24-22(25(33)30-37(34,35)21-8-6-5-7-9-21)10-11-23(28-24)32-15-12-20(29-32)18-36-27(4)13-14-27/h5-12,15,19H,13-14,16-18H2,1-4H3,(H,30,33)/t19-/m0/s1. The molecule has 1 amide bonds. The number of carbonyl (C=O) groups is 1. The SMILES string of the molecule is C[C@@H]1CN(c2nc(-n3ccc(COC4(C)CC4)n3)ccc2C(=O)NS(=O)(=O)c2ccccc2)C(C)(C)C1. The summed E-state index contributed by atoms with van der Waals surface area (Å²) in [5.74, 6) is 0.644. The topological polar surface area (TPSA) is 106 Å². The van der Waals surface area contributed by atoms with Gasteiger partial charge >= 0.3 is 0 Å². The highest BCUT2D eigenvalue weighted by Gasteiger charge is 2.40. The van der Waals surface area contributed by atoms with Crippen LogP contribution in [0.2, 0.25) is 0 Å². The maximum Gasteiger partial charge on any atom is 0.268 e. The van der Waals surface area contributed by atoms with Gasteiger partial charge < -0.3 is 9.64 Å². The van der Waals surface area contributed by atoms with E-state index in [2.05, 4.69) is 42.4 Å². The van der Waals surface area contributed by atoms with Crippen molar-refractivity contribution in [2.45, 2.75) is 69.6 Å². The summed E-state index contributed by atoms with van der Waals surface area (Å²) in [6.07, 6.45) is 4.86. The van der Waals surface area contributed by atoms with Gasteiger partial charge in [-0.1, -0.05) is 25.1 Å². The summed E-state index contributed by atoms with van der Waals surface area (Å²) >= 11 is 0. The molecular formula is C27H33N5O4S. The van der Waals surface area contributed by atoms with Gasteiger partial charge in [-0.3, -0.25) is 4.79 Å².